The van der Waals surface area contributed by atoms with Crippen molar-refractivity contribution in [2.24, 2.45) is 0 Å². The van der Waals surface area contributed by atoms with Crippen molar-refractivity contribution in [3.63, 3.8) is 0 Å². The van der Waals surface area contributed by atoms with E-state index in [4.69, 9.17) is 4.74 Å². The molecule has 0 saturated heterocycles. The molecule has 1 amide bonds. The predicted octanol–water partition coefficient (Wildman–Crippen LogP) is 2.48. The topological polar surface area (TPSA) is 64.6 Å². The van der Waals surface area contributed by atoms with Crippen LogP contribution in [0.5, 0.6) is 5.75 Å². The third kappa shape index (κ3) is 4.92. The van der Waals surface area contributed by atoms with Crippen LogP contribution in [0.25, 0.3) is 0 Å². The molecular formula is C15H15NO4S. The highest BCUT2D eigenvalue weighted by molar-refractivity contribution is 7.10. The average molecular weight is 305 g/mol. The van der Waals surface area contributed by atoms with Crippen LogP contribution in [-0.2, 0) is 20.7 Å². The molecule has 0 saturated carbocycles. The highest BCUT2D eigenvalue weighted by Crippen LogP contribution is 2.18. The Labute approximate surface area is 126 Å². The van der Waals surface area contributed by atoms with E-state index in [9.17, 15) is 9.59 Å². The number of hydrogen-bond donors (Lipinski definition) is 1. The smallest absolute Gasteiger partial charge is 0.343 e. The van der Waals surface area contributed by atoms with E-state index in [0.717, 1.165) is 4.88 Å². The van der Waals surface area contributed by atoms with Crippen molar-refractivity contribution >= 4 is 28.9 Å². The fourth-order valence-electron chi connectivity index (χ4n) is 1.64. The Morgan fingerprint density at radius 3 is 2.81 bits per heavy atom. The van der Waals surface area contributed by atoms with Gasteiger partial charge >= 0.3 is 5.97 Å². The summed E-state index contributed by atoms with van der Waals surface area (Å²) in [6.07, 6.45) is 0.338. The minimum atomic E-state index is -0.456. The van der Waals surface area contributed by atoms with E-state index >= 15 is 0 Å². The zero-order valence-corrected chi connectivity index (χ0v) is 12.3. The first kappa shape index (κ1) is 15.1. The van der Waals surface area contributed by atoms with Crippen molar-refractivity contribution in [2.75, 3.05) is 19.0 Å². The first-order chi connectivity index (χ1) is 10.2. The maximum absolute atomic E-state index is 11.9. The molecule has 1 aromatic carbocycles. The van der Waals surface area contributed by atoms with Gasteiger partial charge < -0.3 is 14.8 Å². The monoisotopic (exact) mass is 305 g/mol. The summed E-state index contributed by atoms with van der Waals surface area (Å²) in [6, 6.07) is 10.7. The molecule has 6 heteroatoms. The average Bonchev–Trinajstić information content (AvgIpc) is 2.97. The van der Waals surface area contributed by atoms with Crippen LogP contribution < -0.4 is 10.1 Å². The van der Waals surface area contributed by atoms with Crippen LogP contribution in [0, 0.1) is 0 Å². The lowest BCUT2D eigenvalue weighted by atomic mass is 10.2. The zero-order valence-electron chi connectivity index (χ0n) is 11.5. The van der Waals surface area contributed by atoms with Gasteiger partial charge in [-0.05, 0) is 23.6 Å². The summed E-state index contributed by atoms with van der Waals surface area (Å²) < 4.78 is 9.76. The number of rotatable bonds is 6. The van der Waals surface area contributed by atoms with Crippen molar-refractivity contribution in [1.82, 2.24) is 0 Å². The summed E-state index contributed by atoms with van der Waals surface area (Å²) in [5, 5.41) is 4.73. The van der Waals surface area contributed by atoms with Gasteiger partial charge in [0.15, 0.2) is 6.61 Å². The lowest BCUT2D eigenvalue weighted by molar-refractivity contribution is -0.142. The number of esters is 1. The predicted molar refractivity (Wildman–Crippen MR) is 80.6 cm³/mol. The van der Waals surface area contributed by atoms with Crippen molar-refractivity contribution in [2.45, 2.75) is 6.42 Å². The molecule has 0 fully saturated rings. The van der Waals surface area contributed by atoms with E-state index in [2.05, 4.69) is 10.1 Å². The highest BCUT2D eigenvalue weighted by atomic mass is 32.1. The van der Waals surface area contributed by atoms with E-state index in [1.807, 2.05) is 17.5 Å². The maximum atomic E-state index is 11.9. The number of carbonyl (C=O) groups excluding carboxylic acids is 2. The van der Waals surface area contributed by atoms with Gasteiger partial charge in [-0.3, -0.25) is 4.79 Å². The number of carbonyl (C=O) groups is 2. The highest BCUT2D eigenvalue weighted by Gasteiger charge is 2.06. The molecule has 0 atom stereocenters. The molecule has 2 aromatic rings. The molecule has 110 valence electrons. The van der Waals surface area contributed by atoms with Crippen LogP contribution >= 0.6 is 11.3 Å². The molecule has 1 aromatic heterocycles. The molecule has 2 rings (SSSR count). The minimum Gasteiger partial charge on any atom is -0.482 e. The van der Waals surface area contributed by atoms with Crippen LogP contribution in [-0.4, -0.2) is 25.6 Å². The molecule has 5 nitrogen and oxygen atoms in total. The van der Waals surface area contributed by atoms with Gasteiger partial charge in [0.2, 0.25) is 5.91 Å². The molecule has 1 heterocycles. The Balaban J connectivity index is 1.91. The number of anilines is 1. The summed E-state index contributed by atoms with van der Waals surface area (Å²) in [6.45, 7) is -0.164. The Morgan fingerprint density at radius 1 is 1.24 bits per heavy atom. The molecule has 0 unspecified atom stereocenters. The van der Waals surface area contributed by atoms with Crippen LogP contribution in [0.15, 0.2) is 41.8 Å². The van der Waals surface area contributed by atoms with Gasteiger partial charge in [0.05, 0.1) is 13.5 Å². The summed E-state index contributed by atoms with van der Waals surface area (Å²) >= 11 is 1.54. The number of amides is 1. The molecular weight excluding hydrogens is 290 g/mol. The Hall–Kier alpha value is -2.34. The van der Waals surface area contributed by atoms with Gasteiger partial charge in [0.25, 0.3) is 0 Å². The van der Waals surface area contributed by atoms with E-state index in [1.54, 1.807) is 35.6 Å². The number of ether oxygens (including phenoxy) is 2. The summed E-state index contributed by atoms with van der Waals surface area (Å²) in [4.78, 5) is 23.9. The summed E-state index contributed by atoms with van der Waals surface area (Å²) in [5.74, 6) is -0.0565. The summed E-state index contributed by atoms with van der Waals surface area (Å²) in [7, 11) is 1.30. The first-order valence-corrected chi connectivity index (χ1v) is 7.17. The quantitative estimate of drug-likeness (QED) is 0.833. The number of benzene rings is 1. The van der Waals surface area contributed by atoms with Gasteiger partial charge in [0, 0.05) is 16.6 Å². The first-order valence-electron chi connectivity index (χ1n) is 6.29. The SMILES string of the molecule is COC(=O)COc1cccc(NC(=O)Cc2cccs2)c1. The molecule has 1 N–H and O–H groups in total. The largest absolute Gasteiger partial charge is 0.482 e. The van der Waals surface area contributed by atoms with Gasteiger partial charge in [-0.25, -0.2) is 4.79 Å². The Kier molecular flexibility index (Phi) is 5.34. The second kappa shape index (κ2) is 7.44. The fourth-order valence-corrected chi connectivity index (χ4v) is 2.34. The second-order valence-corrected chi connectivity index (χ2v) is 5.23. The molecule has 0 aliphatic carbocycles. The third-order valence-corrected chi connectivity index (χ3v) is 3.49. The summed E-state index contributed by atoms with van der Waals surface area (Å²) in [5.41, 5.74) is 0.624. The molecule has 0 radical (unpaired) electrons. The van der Waals surface area contributed by atoms with Crippen LogP contribution in [0.2, 0.25) is 0 Å². The normalized spacial score (nSPS) is 9.95. The lowest BCUT2D eigenvalue weighted by Crippen LogP contribution is -2.14. The van der Waals surface area contributed by atoms with Gasteiger partial charge in [-0.1, -0.05) is 12.1 Å². The van der Waals surface area contributed by atoms with E-state index in [0.29, 0.717) is 17.9 Å². The molecule has 0 aliphatic rings. The number of methoxy groups -OCH3 is 1. The van der Waals surface area contributed by atoms with Crippen LogP contribution in [0.3, 0.4) is 0 Å². The van der Waals surface area contributed by atoms with Crippen molar-refractivity contribution in [3.05, 3.63) is 46.7 Å². The van der Waals surface area contributed by atoms with E-state index < -0.39 is 5.97 Å². The minimum absolute atomic E-state index is 0.0948. The third-order valence-electron chi connectivity index (χ3n) is 2.62. The molecule has 0 aliphatic heterocycles. The van der Waals surface area contributed by atoms with E-state index in [-0.39, 0.29) is 12.5 Å². The Bertz CT molecular complexity index is 610. The van der Waals surface area contributed by atoms with Crippen molar-refractivity contribution in [3.8, 4) is 5.75 Å². The van der Waals surface area contributed by atoms with Gasteiger partial charge in [-0.2, -0.15) is 0 Å². The number of hydrogen-bond acceptors (Lipinski definition) is 5. The van der Waals surface area contributed by atoms with Crippen LogP contribution in [0.4, 0.5) is 5.69 Å². The van der Waals surface area contributed by atoms with Crippen molar-refractivity contribution in [1.29, 1.82) is 0 Å². The molecule has 0 spiro atoms. The molecule has 0 bridgehead atoms. The van der Waals surface area contributed by atoms with E-state index in [1.165, 1.54) is 7.11 Å². The lowest BCUT2D eigenvalue weighted by Gasteiger charge is -2.08. The van der Waals surface area contributed by atoms with Crippen molar-refractivity contribution < 1.29 is 19.1 Å². The number of thiophene rings is 1. The maximum Gasteiger partial charge on any atom is 0.343 e. The standard InChI is InChI=1S/C15H15NO4S/c1-19-15(18)10-20-12-5-2-4-11(8-12)16-14(17)9-13-6-3-7-21-13/h2-8H,9-10H2,1H3,(H,16,17). The van der Waals surface area contributed by atoms with Crippen LogP contribution in [0.1, 0.15) is 4.88 Å². The van der Waals surface area contributed by atoms with Gasteiger partial charge in [-0.15, -0.1) is 11.3 Å². The number of nitrogens with one attached hydrogen (secondary N) is 1. The second-order valence-electron chi connectivity index (χ2n) is 4.20. The Morgan fingerprint density at radius 2 is 2.10 bits per heavy atom. The molecule has 21 heavy (non-hydrogen) atoms. The van der Waals surface area contributed by atoms with Gasteiger partial charge in [0.1, 0.15) is 5.75 Å². The zero-order chi connectivity index (χ0) is 15.1. The fraction of sp³-hybridized carbons (Fsp3) is 0.200.